The van der Waals surface area contributed by atoms with Crippen molar-refractivity contribution in [3.8, 4) is 30.3 Å². The van der Waals surface area contributed by atoms with Gasteiger partial charge in [-0.1, -0.05) is 0 Å². The molecule has 2 aliphatic heterocycles. The number of fused-ring (bicyclic) bond motifs is 2. The molecule has 7 nitrogen and oxygen atoms in total. The molecule has 0 atom stereocenters. The highest BCUT2D eigenvalue weighted by Gasteiger charge is 2.38. The van der Waals surface area contributed by atoms with Crippen molar-refractivity contribution in [1.82, 2.24) is 0 Å². The summed E-state index contributed by atoms with van der Waals surface area (Å²) in [5.74, 6) is -15.8. The quantitative estimate of drug-likeness (QED) is 0.176. The first kappa shape index (κ1) is 29.8. The fourth-order valence-corrected chi connectivity index (χ4v) is 4.80. The molecule has 5 rings (SSSR count). The van der Waals surface area contributed by atoms with Gasteiger partial charge in [0.05, 0.1) is 33.9 Å². The van der Waals surface area contributed by atoms with Gasteiger partial charge in [-0.05, 0) is 19.1 Å². The Bertz CT molecular complexity index is 2220. The molecule has 45 heavy (non-hydrogen) atoms. The van der Waals surface area contributed by atoms with E-state index in [0.717, 1.165) is 25.1 Å². The third kappa shape index (κ3) is 4.06. The first-order chi connectivity index (χ1) is 21.4. The SMILES string of the molecule is Cc1c(F)c(F)c(C2=Nc3cc4c(cc3C2=C(C#N)C#N)N=C(c2c(F)c(F)c(C#N)c(F)c2F)C4=C(C#N)C#N)c(F)c1F. The van der Waals surface area contributed by atoms with Gasteiger partial charge >= 0.3 is 0 Å². The number of aliphatic imine (C=N–C) groups is 2. The fraction of sp³-hybridized carbons (Fsp3) is 0.0333. The Hall–Kier alpha value is -6.63. The molecule has 0 unspecified atom stereocenters. The Morgan fingerprint density at radius 3 is 1.18 bits per heavy atom. The van der Waals surface area contributed by atoms with Crippen LogP contribution in [0.4, 0.5) is 46.5 Å². The smallest absolute Gasteiger partial charge is 0.180 e. The number of hydrogen-bond donors (Lipinski definition) is 0. The van der Waals surface area contributed by atoms with E-state index in [1.54, 1.807) is 0 Å². The molecule has 216 valence electrons. The van der Waals surface area contributed by atoms with Gasteiger partial charge < -0.3 is 0 Å². The average molecular weight is 615 g/mol. The monoisotopic (exact) mass is 615 g/mol. The van der Waals surface area contributed by atoms with Crippen molar-refractivity contribution in [2.45, 2.75) is 6.92 Å². The molecule has 2 heterocycles. The van der Waals surface area contributed by atoms with Crippen molar-refractivity contribution in [3.05, 3.63) is 103 Å². The van der Waals surface area contributed by atoms with Gasteiger partial charge in [-0.15, -0.1) is 0 Å². The molecule has 0 amide bonds. The summed E-state index contributed by atoms with van der Waals surface area (Å²) in [5.41, 5.74) is -11.9. The van der Waals surface area contributed by atoms with E-state index in [0.29, 0.717) is 0 Å². The summed E-state index contributed by atoms with van der Waals surface area (Å²) in [6.45, 7) is 0.756. The summed E-state index contributed by atoms with van der Waals surface area (Å²) in [6.07, 6.45) is 0. The number of benzene rings is 3. The van der Waals surface area contributed by atoms with Gasteiger partial charge in [0, 0.05) is 27.8 Å². The van der Waals surface area contributed by atoms with Gasteiger partial charge in [-0.25, -0.2) is 45.1 Å². The molecule has 0 radical (unpaired) electrons. The molecule has 0 N–H and O–H groups in total. The van der Waals surface area contributed by atoms with Crippen LogP contribution in [0.5, 0.6) is 0 Å². The van der Waals surface area contributed by atoms with Crippen molar-refractivity contribution in [2.24, 2.45) is 9.98 Å². The number of rotatable bonds is 2. The minimum absolute atomic E-state index is 0.319. The zero-order valence-corrected chi connectivity index (χ0v) is 21.8. The second-order valence-electron chi connectivity index (χ2n) is 9.13. The Balaban J connectivity index is 1.87. The molecule has 2 aliphatic rings. The normalized spacial score (nSPS) is 12.6. The van der Waals surface area contributed by atoms with Gasteiger partial charge in [-0.2, -0.15) is 26.3 Å². The summed E-state index contributed by atoms with van der Waals surface area (Å²) in [7, 11) is 0. The lowest BCUT2D eigenvalue weighted by Gasteiger charge is -2.11. The third-order valence-corrected chi connectivity index (χ3v) is 6.87. The molecule has 15 heteroatoms. The van der Waals surface area contributed by atoms with Gasteiger partial charge in [0.1, 0.15) is 47.1 Å². The topological polar surface area (TPSA) is 144 Å². The highest BCUT2D eigenvalue weighted by Crippen LogP contribution is 2.49. The average Bonchev–Trinajstić information content (AvgIpc) is 3.56. The van der Waals surface area contributed by atoms with Crippen LogP contribution >= 0.6 is 0 Å². The van der Waals surface area contributed by atoms with Crippen LogP contribution < -0.4 is 0 Å². The molecule has 3 aromatic carbocycles. The second kappa shape index (κ2) is 10.6. The summed E-state index contributed by atoms with van der Waals surface area (Å²) < 4.78 is 118. The molecular weight excluding hydrogens is 610 g/mol. The third-order valence-electron chi connectivity index (χ3n) is 6.87. The number of halogens is 8. The Morgan fingerprint density at radius 2 is 0.867 bits per heavy atom. The molecule has 0 saturated carbocycles. The molecular formula is C30H5F8N7. The predicted molar refractivity (Wildman–Crippen MR) is 137 cm³/mol. The summed E-state index contributed by atoms with van der Waals surface area (Å²) >= 11 is 0. The van der Waals surface area contributed by atoms with Crippen LogP contribution in [-0.2, 0) is 0 Å². The summed E-state index contributed by atoms with van der Waals surface area (Å²) in [6, 6.07) is 8.66. The van der Waals surface area contributed by atoms with Crippen LogP contribution in [0.15, 0.2) is 33.3 Å². The van der Waals surface area contributed by atoms with Crippen molar-refractivity contribution >= 4 is 33.9 Å². The molecule has 0 aromatic heterocycles. The zero-order valence-electron chi connectivity index (χ0n) is 21.8. The number of nitrogens with zero attached hydrogens (tertiary/aromatic N) is 7. The fourth-order valence-electron chi connectivity index (χ4n) is 4.80. The maximum absolute atomic E-state index is 15.1. The standard InChI is InChI=1S/C30H5F8N7/c1-9-21(31)25(35)19(26(36)22(9)32)29-17(10(4-39)5-40)12-2-16-13(3-15(12)44-29)18(11(6-41)7-42)30(45-16)20-27(37)23(33)14(8-43)24(34)28(20)38/h2-3H,1H3. The van der Waals surface area contributed by atoms with Crippen molar-refractivity contribution in [2.75, 3.05) is 0 Å². The number of allylic oxidation sites excluding steroid dienone is 4. The van der Waals surface area contributed by atoms with E-state index in [1.165, 1.54) is 24.3 Å². The minimum atomic E-state index is -2.10. The molecule has 0 saturated heterocycles. The lowest BCUT2D eigenvalue weighted by atomic mass is 9.89. The van der Waals surface area contributed by atoms with Crippen LogP contribution in [0.1, 0.15) is 33.4 Å². The van der Waals surface area contributed by atoms with Gasteiger partial charge in [-0.3, -0.25) is 0 Å². The summed E-state index contributed by atoms with van der Waals surface area (Å²) in [4.78, 5) is 7.89. The van der Waals surface area contributed by atoms with E-state index < -0.39 is 108 Å². The maximum Gasteiger partial charge on any atom is 0.180 e. The first-order valence-electron chi connectivity index (χ1n) is 11.9. The predicted octanol–water partition coefficient (Wildman–Crippen LogP) is 6.85. The molecule has 0 spiro atoms. The molecule has 0 aliphatic carbocycles. The number of hydrogen-bond acceptors (Lipinski definition) is 7. The van der Waals surface area contributed by atoms with Crippen LogP contribution in [0.25, 0.3) is 11.1 Å². The van der Waals surface area contributed by atoms with E-state index in [9.17, 15) is 38.6 Å². The highest BCUT2D eigenvalue weighted by molar-refractivity contribution is 6.40. The van der Waals surface area contributed by atoms with E-state index in [2.05, 4.69) is 9.98 Å². The van der Waals surface area contributed by atoms with E-state index in [1.807, 2.05) is 0 Å². The van der Waals surface area contributed by atoms with E-state index in [-0.39, 0.29) is 16.8 Å². The summed E-state index contributed by atoms with van der Waals surface area (Å²) in [5, 5.41) is 47.2. The Kier molecular flexibility index (Phi) is 7.01. The first-order valence-corrected chi connectivity index (χ1v) is 11.9. The van der Waals surface area contributed by atoms with Gasteiger partial charge in [0.2, 0.25) is 0 Å². The highest BCUT2D eigenvalue weighted by atomic mass is 19.2. The Labute approximate surface area is 246 Å². The van der Waals surface area contributed by atoms with Gasteiger partial charge in [0.15, 0.2) is 46.5 Å². The van der Waals surface area contributed by atoms with Gasteiger partial charge in [0.25, 0.3) is 0 Å². The van der Waals surface area contributed by atoms with Crippen LogP contribution in [0.2, 0.25) is 0 Å². The van der Waals surface area contributed by atoms with Crippen LogP contribution in [0, 0.1) is 110 Å². The van der Waals surface area contributed by atoms with E-state index in [4.69, 9.17) is 5.26 Å². The Morgan fingerprint density at radius 1 is 0.533 bits per heavy atom. The molecule has 0 fully saturated rings. The zero-order chi connectivity index (χ0) is 33.1. The lowest BCUT2D eigenvalue weighted by Crippen LogP contribution is -2.14. The second-order valence-corrected chi connectivity index (χ2v) is 9.13. The van der Waals surface area contributed by atoms with Crippen molar-refractivity contribution in [1.29, 1.82) is 26.3 Å². The van der Waals surface area contributed by atoms with Crippen LogP contribution in [0.3, 0.4) is 0 Å². The minimum Gasteiger partial charge on any atom is -0.247 e. The van der Waals surface area contributed by atoms with Crippen molar-refractivity contribution in [3.63, 3.8) is 0 Å². The largest absolute Gasteiger partial charge is 0.247 e. The van der Waals surface area contributed by atoms with E-state index >= 15 is 17.6 Å². The maximum atomic E-state index is 15.1. The van der Waals surface area contributed by atoms with Crippen molar-refractivity contribution < 1.29 is 35.1 Å². The molecule has 0 bridgehead atoms. The lowest BCUT2D eigenvalue weighted by molar-refractivity contribution is 0.443. The number of nitriles is 5. The molecule has 3 aromatic rings. The van der Waals surface area contributed by atoms with Crippen LogP contribution in [-0.4, -0.2) is 11.4 Å².